The van der Waals surface area contributed by atoms with Gasteiger partial charge in [-0.2, -0.15) is 0 Å². The second kappa shape index (κ2) is 88.0. The predicted octanol–water partition coefficient (Wildman–Crippen LogP) is 23.5. The molecule has 0 aromatic carbocycles. The normalized spacial score (nSPS) is 9.94. The van der Waals surface area contributed by atoms with E-state index < -0.39 is 5.97 Å². The van der Waals surface area contributed by atoms with Gasteiger partial charge in [0.05, 0.1) is 0 Å². The van der Waals surface area contributed by atoms with Gasteiger partial charge in [0, 0.05) is 33.3 Å². The van der Waals surface area contributed by atoms with Crippen molar-refractivity contribution >= 4 is 5.97 Å². The fourth-order valence-electron chi connectivity index (χ4n) is 6.95. The van der Waals surface area contributed by atoms with Gasteiger partial charge in [-0.05, 0) is 6.42 Å². The molecule has 0 saturated carbocycles. The first-order valence-corrected chi connectivity index (χ1v) is 28.7. The summed E-state index contributed by atoms with van der Waals surface area (Å²) in [5, 5.41) is 0. The summed E-state index contributed by atoms with van der Waals surface area (Å²) in [6.45, 7) is 24.8. The summed E-state index contributed by atoms with van der Waals surface area (Å²) in [5.74, 6) is -0.749. The molecule has 0 rings (SSSR count). The molecule has 4 heteroatoms. The fraction of sp³-hybridized carbons (Fsp3) is 0.983. The molecule has 1 radical (unpaired) electrons. The Kier molecular flexibility index (Phi) is 108. The van der Waals surface area contributed by atoms with Crippen LogP contribution >= 0.6 is 0 Å². The predicted molar refractivity (Wildman–Crippen MR) is 282 cm³/mol. The third-order valence-electron chi connectivity index (χ3n) is 11.4. The van der Waals surface area contributed by atoms with Crippen LogP contribution in [-0.2, 0) is 32.1 Å². The van der Waals surface area contributed by atoms with Crippen molar-refractivity contribution in [2.24, 2.45) is 0 Å². The minimum atomic E-state index is -0.749. The van der Waals surface area contributed by atoms with E-state index in [4.69, 9.17) is 0 Å². The Morgan fingerprint density at radius 3 is 0.468 bits per heavy atom. The quantitative estimate of drug-likeness (QED) is 0.0451. The van der Waals surface area contributed by atoms with Gasteiger partial charge in [0.15, 0.2) is 0 Å². The molecule has 0 amide bonds. The number of halogens is 1. The van der Waals surface area contributed by atoms with Gasteiger partial charge in [-0.15, -0.1) is 0 Å². The number of hydrogen-bond acceptors (Lipinski definition) is 2. The molecular weight excluding hydrogens is 856 g/mol. The molecule has 0 unspecified atom stereocenters. The van der Waals surface area contributed by atoms with Crippen molar-refractivity contribution in [3.63, 3.8) is 0 Å². The first-order valence-electron chi connectivity index (χ1n) is 28.7. The molecule has 0 aromatic rings. The van der Waals surface area contributed by atoms with E-state index >= 15 is 0 Å². The van der Waals surface area contributed by atoms with Gasteiger partial charge in [0.2, 0.25) is 0 Å². The molecule has 0 bridgehead atoms. The Bertz CT molecular complexity index is 498. The van der Waals surface area contributed by atoms with E-state index in [2.05, 4.69) is 81.1 Å². The fourth-order valence-corrected chi connectivity index (χ4v) is 6.95. The molecule has 0 N–H and O–H groups in total. The van der Waals surface area contributed by atoms with Gasteiger partial charge in [0.1, 0.15) is 0 Å². The minimum absolute atomic E-state index is 0. The van der Waals surface area contributed by atoms with E-state index in [0.29, 0.717) is 0 Å². The Hall–Kier alpha value is 0.140. The SMILES string of the molecule is CCCCCCCC(=O)OF.CCCCCCCCCC.CCCCCCCCCC.CCCCCCCCCC.CCCCCCCCCC.CCCCCCCCCC.[Ag]. The molecule has 62 heavy (non-hydrogen) atoms. The van der Waals surface area contributed by atoms with Crippen LogP contribution in [0.5, 0.6) is 0 Å². The monoisotopic (exact) mass is 980 g/mol. The molecule has 0 aromatic heterocycles. The summed E-state index contributed by atoms with van der Waals surface area (Å²) >= 11 is 0. The van der Waals surface area contributed by atoms with Crippen LogP contribution in [0.1, 0.15) is 372 Å². The molecule has 0 aliphatic rings. The van der Waals surface area contributed by atoms with Crippen molar-refractivity contribution in [2.45, 2.75) is 372 Å². The standard InChI is InChI=1S/5C10H22.C8H15FO2.Ag/c5*1-3-5-7-9-10-8-6-4-2;1-2-3-4-5-6-7-8(10)11-9;/h5*3-10H2,1-2H3;2-7H2,1H3;. The number of carbonyl (C=O) groups is 1. The summed E-state index contributed by atoms with van der Waals surface area (Å²) in [4.78, 5) is 13.3. The average molecular weight is 982 g/mol. The van der Waals surface area contributed by atoms with E-state index in [9.17, 15) is 9.32 Å². The number of unbranched alkanes of at least 4 members (excludes halogenated alkanes) is 39. The van der Waals surface area contributed by atoms with Crippen LogP contribution in [0.4, 0.5) is 4.53 Å². The zero-order valence-corrected chi connectivity index (χ0v) is 47.0. The zero-order chi connectivity index (χ0) is 46.8. The summed E-state index contributed by atoms with van der Waals surface area (Å²) in [6, 6.07) is 0. The topological polar surface area (TPSA) is 26.3 Å². The smallest absolute Gasteiger partial charge is 0.255 e. The maximum atomic E-state index is 11.1. The van der Waals surface area contributed by atoms with E-state index in [1.54, 1.807) is 0 Å². The molecule has 0 spiro atoms. The van der Waals surface area contributed by atoms with Crippen LogP contribution in [0, 0.1) is 0 Å². The minimum Gasteiger partial charge on any atom is -0.255 e. The molecular formula is C58H125AgFO2. The summed E-state index contributed by atoms with van der Waals surface area (Å²) in [6.07, 6.45) is 62.7. The van der Waals surface area contributed by atoms with Gasteiger partial charge in [0.25, 0.3) is 0 Å². The molecule has 0 saturated heterocycles. The van der Waals surface area contributed by atoms with E-state index in [1.165, 1.54) is 270 Å². The van der Waals surface area contributed by atoms with Crippen LogP contribution in [0.25, 0.3) is 0 Å². The Labute approximate surface area is 412 Å². The van der Waals surface area contributed by atoms with E-state index in [-0.39, 0.29) is 28.8 Å². The molecule has 0 aliphatic heterocycles. The number of hydrogen-bond donors (Lipinski definition) is 0. The van der Waals surface area contributed by atoms with Crippen molar-refractivity contribution in [3.8, 4) is 0 Å². The van der Waals surface area contributed by atoms with Crippen LogP contribution in [0.3, 0.4) is 0 Å². The Morgan fingerprint density at radius 2 is 0.355 bits per heavy atom. The van der Waals surface area contributed by atoms with Crippen LogP contribution < -0.4 is 0 Å². The van der Waals surface area contributed by atoms with Crippen molar-refractivity contribution in [1.82, 2.24) is 0 Å². The van der Waals surface area contributed by atoms with Gasteiger partial charge in [-0.1, -0.05) is 359 Å². The second-order valence-corrected chi connectivity index (χ2v) is 18.2. The maximum absolute atomic E-state index is 11.1. The van der Waals surface area contributed by atoms with Gasteiger partial charge < -0.3 is 0 Å². The van der Waals surface area contributed by atoms with Gasteiger partial charge in [-0.3, -0.25) is 4.94 Å². The van der Waals surface area contributed by atoms with E-state index in [1.807, 2.05) is 0 Å². The second-order valence-electron chi connectivity index (χ2n) is 18.2. The third-order valence-corrected chi connectivity index (χ3v) is 11.4. The first kappa shape index (κ1) is 76.4. The zero-order valence-electron chi connectivity index (χ0n) is 45.5. The molecule has 0 fully saturated rings. The number of rotatable bonds is 41. The average Bonchev–Trinajstić information content (AvgIpc) is 3.28. The summed E-state index contributed by atoms with van der Waals surface area (Å²) in [5.41, 5.74) is 0. The molecule has 2 nitrogen and oxygen atoms in total. The van der Waals surface area contributed by atoms with Crippen LogP contribution in [-0.4, -0.2) is 5.97 Å². The molecule has 0 aliphatic carbocycles. The van der Waals surface area contributed by atoms with Crippen molar-refractivity contribution in [2.75, 3.05) is 0 Å². The summed E-state index contributed by atoms with van der Waals surface area (Å²) in [7, 11) is 0. The third kappa shape index (κ3) is 108. The molecule has 0 heterocycles. The molecule has 387 valence electrons. The summed E-state index contributed by atoms with van der Waals surface area (Å²) < 4.78 is 11.1. The first-order chi connectivity index (χ1) is 29.9. The van der Waals surface area contributed by atoms with Crippen LogP contribution in [0.15, 0.2) is 0 Å². The largest absolute Gasteiger partial charge is 0.348 e. The number of carbonyl (C=O) groups excluding carboxylic acids is 1. The Balaban J connectivity index is -0.000000117. The van der Waals surface area contributed by atoms with Gasteiger partial charge >= 0.3 is 5.97 Å². The van der Waals surface area contributed by atoms with Crippen molar-refractivity contribution < 1.29 is 36.6 Å². The van der Waals surface area contributed by atoms with Gasteiger partial charge in [-0.25, -0.2) is 4.79 Å². The molecule has 0 atom stereocenters. The Morgan fingerprint density at radius 1 is 0.242 bits per heavy atom. The van der Waals surface area contributed by atoms with Crippen LogP contribution in [0.2, 0.25) is 0 Å². The van der Waals surface area contributed by atoms with Crippen molar-refractivity contribution in [3.05, 3.63) is 0 Å². The maximum Gasteiger partial charge on any atom is 0.348 e. The van der Waals surface area contributed by atoms with Crippen molar-refractivity contribution in [1.29, 1.82) is 0 Å². The van der Waals surface area contributed by atoms with E-state index in [0.717, 1.165) is 19.3 Å².